The fourth-order valence-electron chi connectivity index (χ4n) is 2.06. The van der Waals surface area contributed by atoms with Crippen LogP contribution in [0.1, 0.15) is 30.9 Å². The van der Waals surface area contributed by atoms with Crippen LogP contribution in [-0.2, 0) is 16.1 Å². The van der Waals surface area contributed by atoms with Gasteiger partial charge in [0.15, 0.2) is 0 Å². The molecule has 4 nitrogen and oxygen atoms in total. The molecule has 1 fully saturated rings. The van der Waals surface area contributed by atoms with Gasteiger partial charge in [0.2, 0.25) is 0 Å². The second-order valence-electron chi connectivity index (χ2n) is 4.81. The smallest absolute Gasteiger partial charge is 0.320 e. The minimum Gasteiger partial charge on any atom is -0.465 e. The molecule has 0 bridgehead atoms. The number of nitrogens with zero attached hydrogens (tertiary/aromatic N) is 2. The third kappa shape index (κ3) is 3.81. The van der Waals surface area contributed by atoms with Crippen molar-refractivity contribution in [2.24, 2.45) is 0 Å². The first-order valence-electron chi connectivity index (χ1n) is 6.49. The highest BCUT2D eigenvalue weighted by molar-refractivity contribution is 5.71. The summed E-state index contributed by atoms with van der Waals surface area (Å²) in [4.78, 5) is 17.9. The summed E-state index contributed by atoms with van der Waals surface area (Å²) in [5.41, 5.74) is 2.31. The van der Waals surface area contributed by atoms with Crippen LogP contribution in [0, 0.1) is 6.92 Å². The quantitative estimate of drug-likeness (QED) is 0.721. The molecule has 1 aliphatic carbocycles. The van der Waals surface area contributed by atoms with E-state index >= 15 is 0 Å². The summed E-state index contributed by atoms with van der Waals surface area (Å²) >= 11 is 0. The Labute approximate surface area is 108 Å². The molecule has 0 saturated heterocycles. The van der Waals surface area contributed by atoms with E-state index in [0.29, 0.717) is 19.2 Å². The van der Waals surface area contributed by atoms with E-state index in [9.17, 15) is 4.79 Å². The summed E-state index contributed by atoms with van der Waals surface area (Å²) in [6.07, 6.45) is 6.07. The van der Waals surface area contributed by atoms with Crippen LogP contribution in [0.3, 0.4) is 0 Å². The number of carbonyl (C=O) groups is 1. The van der Waals surface area contributed by atoms with E-state index in [4.69, 9.17) is 4.74 Å². The topological polar surface area (TPSA) is 42.4 Å². The summed E-state index contributed by atoms with van der Waals surface area (Å²) in [6, 6.07) is 2.66. The third-order valence-electron chi connectivity index (χ3n) is 3.02. The molecule has 1 saturated carbocycles. The van der Waals surface area contributed by atoms with Crippen molar-refractivity contribution in [1.29, 1.82) is 0 Å². The molecule has 0 amide bonds. The molecule has 4 heteroatoms. The van der Waals surface area contributed by atoms with Crippen LogP contribution < -0.4 is 0 Å². The second kappa shape index (κ2) is 5.96. The van der Waals surface area contributed by atoms with Gasteiger partial charge in [0.25, 0.3) is 0 Å². The summed E-state index contributed by atoms with van der Waals surface area (Å²) in [5, 5.41) is 0. The summed E-state index contributed by atoms with van der Waals surface area (Å²) in [5.74, 6) is -0.134. The zero-order valence-electron chi connectivity index (χ0n) is 11.1. The lowest BCUT2D eigenvalue weighted by Gasteiger charge is -2.20. The zero-order valence-corrected chi connectivity index (χ0v) is 11.1. The van der Waals surface area contributed by atoms with Gasteiger partial charge in [0.05, 0.1) is 13.2 Å². The average molecular weight is 248 g/mol. The maximum Gasteiger partial charge on any atom is 0.320 e. The minimum absolute atomic E-state index is 0.134. The van der Waals surface area contributed by atoms with E-state index in [1.165, 1.54) is 12.8 Å². The molecular formula is C14H20N2O2. The van der Waals surface area contributed by atoms with E-state index < -0.39 is 0 Å². The molecule has 98 valence electrons. The number of hydrogen-bond donors (Lipinski definition) is 0. The number of aromatic nitrogens is 1. The number of rotatable bonds is 6. The first kappa shape index (κ1) is 13.0. The van der Waals surface area contributed by atoms with Gasteiger partial charge in [0, 0.05) is 25.0 Å². The van der Waals surface area contributed by atoms with E-state index in [1.807, 2.05) is 26.2 Å². The highest BCUT2D eigenvalue weighted by Gasteiger charge is 2.30. The Bertz CT molecular complexity index is 416. The lowest BCUT2D eigenvalue weighted by Crippen LogP contribution is -2.32. The molecule has 18 heavy (non-hydrogen) atoms. The first-order valence-corrected chi connectivity index (χ1v) is 6.49. The monoisotopic (exact) mass is 248 g/mol. The Kier molecular flexibility index (Phi) is 4.31. The molecular weight excluding hydrogens is 228 g/mol. The van der Waals surface area contributed by atoms with Crippen LogP contribution in [0.5, 0.6) is 0 Å². The predicted molar refractivity (Wildman–Crippen MR) is 69.0 cm³/mol. The number of aryl methyl sites for hydroxylation is 1. The Morgan fingerprint density at radius 2 is 2.28 bits per heavy atom. The van der Waals surface area contributed by atoms with Gasteiger partial charge in [-0.1, -0.05) is 6.07 Å². The highest BCUT2D eigenvalue weighted by Crippen LogP contribution is 2.28. The molecule has 0 aliphatic heterocycles. The molecule has 2 rings (SSSR count). The normalized spacial score (nSPS) is 14.8. The van der Waals surface area contributed by atoms with Crippen molar-refractivity contribution < 1.29 is 9.53 Å². The predicted octanol–water partition coefficient (Wildman–Crippen LogP) is 1.92. The molecule has 0 radical (unpaired) electrons. The van der Waals surface area contributed by atoms with Crippen molar-refractivity contribution in [2.45, 2.75) is 39.3 Å². The second-order valence-corrected chi connectivity index (χ2v) is 4.81. The highest BCUT2D eigenvalue weighted by atomic mass is 16.5. The summed E-state index contributed by atoms with van der Waals surface area (Å²) in [6.45, 7) is 5.47. The van der Waals surface area contributed by atoms with Gasteiger partial charge in [0.1, 0.15) is 0 Å². The van der Waals surface area contributed by atoms with Crippen molar-refractivity contribution in [2.75, 3.05) is 13.2 Å². The van der Waals surface area contributed by atoms with E-state index in [1.54, 1.807) is 0 Å². The van der Waals surface area contributed by atoms with Crippen LogP contribution in [0.25, 0.3) is 0 Å². The summed E-state index contributed by atoms with van der Waals surface area (Å²) in [7, 11) is 0. The van der Waals surface area contributed by atoms with Gasteiger partial charge in [-0.25, -0.2) is 0 Å². The molecule has 0 unspecified atom stereocenters. The van der Waals surface area contributed by atoms with Crippen molar-refractivity contribution >= 4 is 5.97 Å². The van der Waals surface area contributed by atoms with Crippen molar-refractivity contribution in [3.8, 4) is 0 Å². The zero-order chi connectivity index (χ0) is 13.0. The Morgan fingerprint density at radius 1 is 1.50 bits per heavy atom. The number of esters is 1. The van der Waals surface area contributed by atoms with Crippen molar-refractivity contribution in [3.63, 3.8) is 0 Å². The maximum absolute atomic E-state index is 11.6. The Hall–Kier alpha value is -1.42. The van der Waals surface area contributed by atoms with Crippen molar-refractivity contribution in [1.82, 2.24) is 9.88 Å². The molecule has 0 atom stereocenters. The van der Waals surface area contributed by atoms with Gasteiger partial charge >= 0.3 is 5.97 Å². The van der Waals surface area contributed by atoms with Crippen LogP contribution >= 0.6 is 0 Å². The van der Waals surface area contributed by atoms with Gasteiger partial charge in [-0.3, -0.25) is 14.7 Å². The van der Waals surface area contributed by atoms with Gasteiger partial charge in [-0.05, 0) is 37.8 Å². The molecule has 0 N–H and O–H groups in total. The number of hydrogen-bond acceptors (Lipinski definition) is 4. The maximum atomic E-state index is 11.6. The first-order chi connectivity index (χ1) is 8.69. The van der Waals surface area contributed by atoms with Crippen LogP contribution in [0.15, 0.2) is 18.5 Å². The van der Waals surface area contributed by atoms with Gasteiger partial charge in [-0.2, -0.15) is 0 Å². The van der Waals surface area contributed by atoms with E-state index in [0.717, 1.165) is 17.7 Å². The van der Waals surface area contributed by atoms with Crippen LogP contribution in [-0.4, -0.2) is 35.0 Å². The van der Waals surface area contributed by atoms with E-state index in [-0.39, 0.29) is 5.97 Å². The molecule has 1 aromatic rings. The van der Waals surface area contributed by atoms with Crippen LogP contribution in [0.2, 0.25) is 0 Å². The number of pyridine rings is 1. The molecule has 0 spiro atoms. The Balaban J connectivity index is 1.96. The van der Waals surface area contributed by atoms with Crippen molar-refractivity contribution in [3.05, 3.63) is 29.6 Å². The number of carbonyl (C=O) groups excluding carboxylic acids is 1. The lowest BCUT2D eigenvalue weighted by atomic mass is 10.2. The lowest BCUT2D eigenvalue weighted by molar-refractivity contribution is -0.144. The molecule has 1 aromatic heterocycles. The SMILES string of the molecule is CCOC(=O)CN(Cc1cncc(C)c1)C1CC1. The minimum atomic E-state index is -0.134. The molecule has 0 aromatic carbocycles. The largest absolute Gasteiger partial charge is 0.465 e. The van der Waals surface area contributed by atoms with Gasteiger partial charge in [-0.15, -0.1) is 0 Å². The fourth-order valence-corrected chi connectivity index (χ4v) is 2.06. The fraction of sp³-hybridized carbons (Fsp3) is 0.571. The molecule has 1 heterocycles. The molecule has 1 aliphatic rings. The van der Waals surface area contributed by atoms with Gasteiger partial charge < -0.3 is 4.74 Å². The third-order valence-corrected chi connectivity index (χ3v) is 3.02. The average Bonchev–Trinajstić information content (AvgIpc) is 3.12. The number of ether oxygens (including phenoxy) is 1. The van der Waals surface area contributed by atoms with E-state index in [2.05, 4.69) is 16.0 Å². The van der Waals surface area contributed by atoms with Crippen LogP contribution in [0.4, 0.5) is 0 Å². The Morgan fingerprint density at radius 3 is 2.89 bits per heavy atom. The summed E-state index contributed by atoms with van der Waals surface area (Å²) < 4.78 is 5.02. The standard InChI is InChI=1S/C14H20N2O2/c1-3-18-14(17)10-16(13-4-5-13)9-12-6-11(2)7-15-8-12/h6-8,13H,3-5,9-10H2,1-2H3.